The fourth-order valence-corrected chi connectivity index (χ4v) is 3.43. The number of carbonyl (C=O) groups is 1. The topological polar surface area (TPSA) is 61.5 Å². The Labute approximate surface area is 208 Å². The van der Waals surface area contributed by atoms with Crippen molar-refractivity contribution in [2.45, 2.75) is 90.0 Å². The fourth-order valence-electron chi connectivity index (χ4n) is 3.43. The summed E-state index contributed by atoms with van der Waals surface area (Å²) in [6, 6.07) is 9.14. The first kappa shape index (κ1) is 29.9. The molecular weight excluding hydrogens is 422 g/mol. The van der Waals surface area contributed by atoms with Gasteiger partial charge in [-0.25, -0.2) is 0 Å². The van der Waals surface area contributed by atoms with E-state index in [1.54, 1.807) is 0 Å². The Morgan fingerprint density at radius 3 is 2.09 bits per heavy atom. The lowest BCUT2D eigenvalue weighted by molar-refractivity contribution is -0.145. The first-order chi connectivity index (χ1) is 16.7. The number of ether oxygens (including phenoxy) is 2. The number of esters is 1. The number of allylic oxidation sites excluding steroid dienone is 6. The summed E-state index contributed by atoms with van der Waals surface area (Å²) in [6.45, 7) is 3.98. The van der Waals surface area contributed by atoms with E-state index in [-0.39, 0.29) is 5.97 Å². The average Bonchev–Trinajstić information content (AvgIpc) is 2.85. The van der Waals surface area contributed by atoms with Gasteiger partial charge in [-0.3, -0.25) is 4.79 Å². The van der Waals surface area contributed by atoms with Gasteiger partial charge in [0.25, 0.3) is 0 Å². The molecule has 0 spiro atoms. The van der Waals surface area contributed by atoms with E-state index in [2.05, 4.69) is 43.4 Å². The van der Waals surface area contributed by atoms with E-state index in [1.807, 2.05) is 30.3 Å². The molecule has 1 rings (SSSR count). The van der Waals surface area contributed by atoms with Gasteiger partial charge < -0.3 is 15.2 Å². The predicted octanol–water partition coefficient (Wildman–Crippen LogP) is 7.10. The molecule has 4 heteroatoms. The van der Waals surface area contributed by atoms with Crippen LogP contribution in [0.15, 0.2) is 66.8 Å². The predicted molar refractivity (Wildman–Crippen MR) is 144 cm³/mol. The van der Waals surface area contributed by atoms with Crippen LogP contribution in [0.1, 0.15) is 83.1 Å². The van der Waals surface area contributed by atoms with Gasteiger partial charge in [0, 0.05) is 19.6 Å². The number of nitrogens with two attached hydrogens (primary N) is 1. The standard InChI is InChI=1S/C30H47NO3/c1-2-3-4-5-6-7-8-9-10-11-12-13-14-15-16-20-24-33-25-21-26-34-30(32)29(31)27-28-22-18-17-19-23-28/h6-7,9-10,12-13,17-19,22-23,29H,2-5,8,11,14-16,20-21,24-27,31H2,1H3/b7-6-,10-9-,13-12-. The molecule has 2 N–H and O–H groups in total. The maximum absolute atomic E-state index is 11.9. The molecule has 0 aliphatic rings. The smallest absolute Gasteiger partial charge is 0.323 e. The zero-order chi connectivity index (χ0) is 24.5. The van der Waals surface area contributed by atoms with Crippen molar-refractivity contribution < 1.29 is 14.3 Å². The Balaban J connectivity index is 1.85. The minimum atomic E-state index is -0.615. The van der Waals surface area contributed by atoms with E-state index in [1.165, 1.54) is 38.5 Å². The van der Waals surface area contributed by atoms with Crippen molar-refractivity contribution in [3.63, 3.8) is 0 Å². The number of unbranched alkanes of at least 4 members (excludes halogenated alkanes) is 6. The Kier molecular flexibility index (Phi) is 19.9. The van der Waals surface area contributed by atoms with Crippen LogP contribution in [0.5, 0.6) is 0 Å². The lowest BCUT2D eigenvalue weighted by Gasteiger charge is -2.11. The fraction of sp³-hybridized carbons (Fsp3) is 0.567. The molecule has 1 atom stereocenters. The Bertz CT molecular complexity index is 682. The summed E-state index contributed by atoms with van der Waals surface area (Å²) >= 11 is 0. The van der Waals surface area contributed by atoms with Gasteiger partial charge in [-0.1, -0.05) is 93.0 Å². The summed E-state index contributed by atoms with van der Waals surface area (Å²) in [5, 5.41) is 0. The monoisotopic (exact) mass is 469 g/mol. The maximum Gasteiger partial charge on any atom is 0.323 e. The van der Waals surface area contributed by atoms with Crippen molar-refractivity contribution in [3.8, 4) is 0 Å². The molecule has 0 amide bonds. The van der Waals surface area contributed by atoms with E-state index in [0.717, 1.165) is 37.9 Å². The number of hydrogen-bond acceptors (Lipinski definition) is 4. The van der Waals surface area contributed by atoms with Gasteiger partial charge in [-0.2, -0.15) is 0 Å². The lowest BCUT2D eigenvalue weighted by Crippen LogP contribution is -2.34. The summed E-state index contributed by atoms with van der Waals surface area (Å²) in [5.74, 6) is -0.345. The summed E-state index contributed by atoms with van der Waals surface area (Å²) in [5.41, 5.74) is 6.96. The number of carbonyl (C=O) groups excluding carboxylic acids is 1. The minimum absolute atomic E-state index is 0.345. The molecule has 0 bridgehead atoms. The molecule has 1 aromatic carbocycles. The third kappa shape index (κ3) is 18.3. The van der Waals surface area contributed by atoms with Crippen molar-refractivity contribution >= 4 is 5.97 Å². The molecule has 0 radical (unpaired) electrons. The molecule has 34 heavy (non-hydrogen) atoms. The van der Waals surface area contributed by atoms with Gasteiger partial charge in [-0.05, 0) is 56.9 Å². The second-order valence-corrected chi connectivity index (χ2v) is 8.66. The highest BCUT2D eigenvalue weighted by Crippen LogP contribution is 2.05. The van der Waals surface area contributed by atoms with E-state index in [4.69, 9.17) is 15.2 Å². The van der Waals surface area contributed by atoms with Crippen molar-refractivity contribution in [2.75, 3.05) is 19.8 Å². The van der Waals surface area contributed by atoms with Crippen molar-refractivity contribution in [1.82, 2.24) is 0 Å². The van der Waals surface area contributed by atoms with Crippen LogP contribution in [0.25, 0.3) is 0 Å². The van der Waals surface area contributed by atoms with Crippen LogP contribution in [0.3, 0.4) is 0 Å². The average molecular weight is 470 g/mol. The SMILES string of the molecule is CCCCC/C=C\C/C=C\C/C=C\CCCCCOCCCOC(=O)C(N)Cc1ccccc1. The third-order valence-corrected chi connectivity index (χ3v) is 5.46. The number of benzene rings is 1. The van der Waals surface area contributed by atoms with E-state index < -0.39 is 6.04 Å². The van der Waals surface area contributed by atoms with E-state index >= 15 is 0 Å². The first-order valence-electron chi connectivity index (χ1n) is 13.2. The van der Waals surface area contributed by atoms with Crippen molar-refractivity contribution in [3.05, 3.63) is 72.4 Å². The van der Waals surface area contributed by atoms with Gasteiger partial charge in [0.05, 0.1) is 6.61 Å². The Morgan fingerprint density at radius 1 is 0.794 bits per heavy atom. The maximum atomic E-state index is 11.9. The number of hydrogen-bond donors (Lipinski definition) is 1. The quantitative estimate of drug-likeness (QED) is 0.118. The molecule has 1 unspecified atom stereocenters. The molecule has 0 aromatic heterocycles. The normalized spacial score (nSPS) is 12.8. The molecule has 1 aromatic rings. The first-order valence-corrected chi connectivity index (χ1v) is 13.2. The van der Waals surface area contributed by atoms with Crippen LogP contribution in [0, 0.1) is 0 Å². The molecule has 4 nitrogen and oxygen atoms in total. The van der Waals surface area contributed by atoms with Crippen LogP contribution in [-0.4, -0.2) is 31.8 Å². The van der Waals surface area contributed by atoms with E-state index in [0.29, 0.717) is 26.1 Å². The van der Waals surface area contributed by atoms with Gasteiger partial charge in [0.1, 0.15) is 6.04 Å². The second kappa shape index (κ2) is 22.6. The molecule has 0 saturated heterocycles. The highest BCUT2D eigenvalue weighted by molar-refractivity contribution is 5.75. The largest absolute Gasteiger partial charge is 0.464 e. The summed E-state index contributed by atoms with van der Waals surface area (Å²) < 4.78 is 10.9. The van der Waals surface area contributed by atoms with Crippen LogP contribution in [0.2, 0.25) is 0 Å². The van der Waals surface area contributed by atoms with E-state index in [9.17, 15) is 4.79 Å². The number of rotatable bonds is 21. The lowest BCUT2D eigenvalue weighted by atomic mass is 10.1. The highest BCUT2D eigenvalue weighted by atomic mass is 16.5. The zero-order valence-corrected chi connectivity index (χ0v) is 21.3. The summed E-state index contributed by atoms with van der Waals surface area (Å²) in [6.07, 6.45) is 26.6. The molecule has 0 saturated carbocycles. The van der Waals surface area contributed by atoms with Crippen LogP contribution in [0.4, 0.5) is 0 Å². The van der Waals surface area contributed by atoms with Gasteiger partial charge in [-0.15, -0.1) is 0 Å². The Morgan fingerprint density at radius 2 is 1.41 bits per heavy atom. The van der Waals surface area contributed by atoms with Gasteiger partial charge in [0.15, 0.2) is 0 Å². The summed E-state index contributed by atoms with van der Waals surface area (Å²) in [7, 11) is 0. The van der Waals surface area contributed by atoms with Crippen LogP contribution in [-0.2, 0) is 20.7 Å². The Hall–Kier alpha value is -2.17. The minimum Gasteiger partial charge on any atom is -0.464 e. The van der Waals surface area contributed by atoms with Gasteiger partial charge >= 0.3 is 5.97 Å². The third-order valence-electron chi connectivity index (χ3n) is 5.46. The molecule has 0 aliphatic heterocycles. The molecular formula is C30H47NO3. The van der Waals surface area contributed by atoms with Crippen LogP contribution >= 0.6 is 0 Å². The van der Waals surface area contributed by atoms with Crippen molar-refractivity contribution in [2.24, 2.45) is 5.73 Å². The van der Waals surface area contributed by atoms with Crippen molar-refractivity contribution in [1.29, 1.82) is 0 Å². The van der Waals surface area contributed by atoms with Crippen LogP contribution < -0.4 is 5.73 Å². The van der Waals surface area contributed by atoms with Gasteiger partial charge in [0.2, 0.25) is 0 Å². The second-order valence-electron chi connectivity index (χ2n) is 8.66. The molecule has 0 heterocycles. The molecule has 0 fully saturated rings. The molecule has 0 aliphatic carbocycles. The molecule has 190 valence electrons. The highest BCUT2D eigenvalue weighted by Gasteiger charge is 2.15. The summed E-state index contributed by atoms with van der Waals surface area (Å²) in [4.78, 5) is 11.9. The zero-order valence-electron chi connectivity index (χ0n) is 21.3.